The fourth-order valence-electron chi connectivity index (χ4n) is 5.00. The van der Waals surface area contributed by atoms with Crippen LogP contribution < -0.4 is 11.1 Å². The van der Waals surface area contributed by atoms with Crippen molar-refractivity contribution in [2.75, 3.05) is 25.4 Å². The number of carbonyl (C=O) groups is 1. The van der Waals surface area contributed by atoms with Crippen LogP contribution >= 0.6 is 0 Å². The number of nitrogens with zero attached hydrogens (tertiary/aromatic N) is 4. The van der Waals surface area contributed by atoms with Crippen LogP contribution in [0.4, 0.5) is 28.2 Å². The van der Waals surface area contributed by atoms with E-state index in [2.05, 4.69) is 15.4 Å². The largest absolute Gasteiger partial charge is 0.419 e. The molecule has 3 aromatic rings. The van der Waals surface area contributed by atoms with Crippen molar-refractivity contribution in [3.05, 3.63) is 65.2 Å². The van der Waals surface area contributed by atoms with Crippen LogP contribution in [-0.4, -0.2) is 45.4 Å². The number of alkyl halides is 3. The first-order valence-electron chi connectivity index (χ1n) is 11.8. The predicted octanol–water partition coefficient (Wildman–Crippen LogP) is 4.26. The third-order valence-electron chi connectivity index (χ3n) is 6.93. The Bertz CT molecular complexity index is 1360. The number of nitrogens with two attached hydrogens (primary N) is 1. The Morgan fingerprint density at radius 3 is 2.65 bits per heavy atom. The second-order valence-corrected chi connectivity index (χ2v) is 9.84. The minimum atomic E-state index is -4.65. The van der Waals surface area contributed by atoms with Gasteiger partial charge in [0.05, 0.1) is 42.2 Å². The summed E-state index contributed by atoms with van der Waals surface area (Å²) in [6.45, 7) is 4.79. The summed E-state index contributed by atoms with van der Waals surface area (Å²) in [6.07, 6.45) is -2.92. The Labute approximate surface area is 210 Å². The van der Waals surface area contributed by atoms with E-state index < -0.39 is 34.5 Å². The zero-order valence-electron chi connectivity index (χ0n) is 20.3. The summed E-state index contributed by atoms with van der Waals surface area (Å²) in [5.41, 5.74) is 4.11. The van der Waals surface area contributed by atoms with E-state index in [0.717, 1.165) is 6.07 Å². The van der Waals surface area contributed by atoms with Gasteiger partial charge < -0.3 is 20.7 Å². The van der Waals surface area contributed by atoms with Crippen LogP contribution in [0, 0.1) is 5.82 Å². The second-order valence-electron chi connectivity index (χ2n) is 9.84. The van der Waals surface area contributed by atoms with Gasteiger partial charge in [0.2, 0.25) is 0 Å². The lowest BCUT2D eigenvalue weighted by molar-refractivity contribution is -0.137. The predicted molar refractivity (Wildman–Crippen MR) is 127 cm³/mol. The Morgan fingerprint density at radius 2 is 1.92 bits per heavy atom. The molecule has 2 aliphatic heterocycles. The summed E-state index contributed by atoms with van der Waals surface area (Å²) in [6, 6.07) is 8.51. The lowest BCUT2D eigenvalue weighted by Crippen LogP contribution is -2.49. The quantitative estimate of drug-likeness (QED) is 0.505. The number of hydrogen-bond donors (Lipinski definition) is 2. The molecule has 1 saturated heterocycles. The number of nitrogen functional groups attached to an aromatic ring is 1. The van der Waals surface area contributed by atoms with Crippen molar-refractivity contribution in [3.63, 3.8) is 0 Å². The number of halogens is 4. The van der Waals surface area contributed by atoms with E-state index in [-0.39, 0.29) is 18.1 Å². The average molecular weight is 519 g/mol. The Morgan fingerprint density at radius 1 is 1.16 bits per heavy atom. The second kappa shape index (κ2) is 8.72. The van der Waals surface area contributed by atoms with E-state index in [4.69, 9.17) is 10.5 Å². The number of hydrogen-bond acceptors (Lipinski definition) is 5. The van der Waals surface area contributed by atoms with Gasteiger partial charge in [0, 0.05) is 30.3 Å². The maximum absolute atomic E-state index is 14.4. The number of urea groups is 1. The molecular weight excluding hydrogens is 492 g/mol. The lowest BCUT2D eigenvalue weighted by atomic mass is 9.94. The van der Waals surface area contributed by atoms with Crippen molar-refractivity contribution in [1.82, 2.24) is 25.0 Å². The number of anilines is 1. The van der Waals surface area contributed by atoms with Gasteiger partial charge in [0.25, 0.3) is 0 Å². The number of benzene rings is 1. The number of pyridine rings is 1. The van der Waals surface area contributed by atoms with Crippen molar-refractivity contribution in [2.24, 2.45) is 0 Å². The Kier molecular flexibility index (Phi) is 5.89. The van der Waals surface area contributed by atoms with Crippen LogP contribution in [0.2, 0.25) is 0 Å². The van der Waals surface area contributed by atoms with Crippen LogP contribution in [0.3, 0.4) is 0 Å². The van der Waals surface area contributed by atoms with Crippen LogP contribution in [-0.2, 0) is 28.6 Å². The molecule has 2 aliphatic rings. The number of ether oxygens (including phenoxy) is 1. The summed E-state index contributed by atoms with van der Waals surface area (Å²) in [5.74, 6) is -1.01. The number of fused-ring (bicyclic) bond motifs is 2. The smallest absolute Gasteiger partial charge is 0.383 e. The van der Waals surface area contributed by atoms with Crippen molar-refractivity contribution < 1.29 is 27.1 Å². The van der Waals surface area contributed by atoms with Gasteiger partial charge >= 0.3 is 12.2 Å². The first-order valence-corrected chi connectivity index (χ1v) is 11.8. The normalized spacial score (nSPS) is 19.8. The number of rotatable bonds is 3. The standard InChI is InChI=1S/C25H26F4N6O2/c1-23(2,16-5-3-4-6-18(16)26)32-22(36)34-8-7-24(14-34)20-12-19(33-35(20)9-10-37-24)15-11-17(25(27,28)29)21(30)31-13-15/h3-6,11-13H,7-10,14H2,1-2H3,(H2,30,31)(H,32,36)/t24-/m1/s1. The topological polar surface area (TPSA) is 98.3 Å². The van der Waals surface area contributed by atoms with Crippen molar-refractivity contribution in [2.45, 2.75) is 44.1 Å². The number of amides is 2. The highest BCUT2D eigenvalue weighted by Crippen LogP contribution is 2.41. The molecule has 37 heavy (non-hydrogen) atoms. The van der Waals surface area contributed by atoms with E-state index in [1.165, 1.54) is 12.3 Å². The van der Waals surface area contributed by atoms with Crippen LogP contribution in [0.25, 0.3) is 11.3 Å². The Hall–Kier alpha value is -3.67. The number of carbonyl (C=O) groups excluding carboxylic acids is 1. The molecule has 0 aliphatic carbocycles. The molecule has 4 heterocycles. The maximum Gasteiger partial charge on any atom is 0.419 e. The van der Waals surface area contributed by atoms with E-state index in [9.17, 15) is 22.4 Å². The summed E-state index contributed by atoms with van der Waals surface area (Å²) in [7, 11) is 0. The third-order valence-corrected chi connectivity index (χ3v) is 6.93. The number of likely N-dealkylation sites (tertiary alicyclic amines) is 1. The zero-order chi connectivity index (χ0) is 26.6. The van der Waals surface area contributed by atoms with Crippen LogP contribution in [0.5, 0.6) is 0 Å². The van der Waals surface area contributed by atoms with E-state index in [1.54, 1.807) is 47.7 Å². The SMILES string of the molecule is CC(C)(NC(=O)N1CC[C@]2(C1)OCCn1nc(-c3cnc(N)c(C(F)(F)F)c3)cc12)c1ccccc1F. The third kappa shape index (κ3) is 4.50. The van der Waals surface area contributed by atoms with Gasteiger partial charge in [-0.05, 0) is 32.0 Å². The van der Waals surface area contributed by atoms with Gasteiger partial charge in [-0.1, -0.05) is 18.2 Å². The van der Waals surface area contributed by atoms with Gasteiger partial charge in [0.15, 0.2) is 0 Å². The van der Waals surface area contributed by atoms with Crippen molar-refractivity contribution in [1.29, 1.82) is 0 Å². The highest BCUT2D eigenvalue weighted by molar-refractivity contribution is 5.76. The van der Waals surface area contributed by atoms with Crippen molar-refractivity contribution in [3.8, 4) is 11.3 Å². The molecule has 8 nitrogen and oxygen atoms in total. The molecule has 0 saturated carbocycles. The van der Waals surface area contributed by atoms with Gasteiger partial charge in [-0.2, -0.15) is 18.3 Å². The molecule has 1 aromatic carbocycles. The highest BCUT2D eigenvalue weighted by Gasteiger charge is 2.47. The maximum atomic E-state index is 14.4. The van der Waals surface area contributed by atoms with Gasteiger partial charge in [-0.15, -0.1) is 0 Å². The fourth-order valence-corrected chi connectivity index (χ4v) is 5.00. The summed E-state index contributed by atoms with van der Waals surface area (Å²) in [4.78, 5) is 18.5. The molecule has 5 rings (SSSR count). The Balaban J connectivity index is 1.39. The fraction of sp³-hybridized carbons (Fsp3) is 0.400. The van der Waals surface area contributed by atoms with Gasteiger partial charge in [-0.25, -0.2) is 14.2 Å². The van der Waals surface area contributed by atoms with E-state index >= 15 is 0 Å². The molecule has 1 atom stereocenters. The molecule has 0 radical (unpaired) electrons. The molecule has 2 aromatic heterocycles. The number of aromatic nitrogens is 3. The van der Waals surface area contributed by atoms with Crippen molar-refractivity contribution >= 4 is 11.8 Å². The molecule has 1 fully saturated rings. The summed E-state index contributed by atoms with van der Waals surface area (Å²) >= 11 is 0. The first-order chi connectivity index (χ1) is 17.4. The molecule has 196 valence electrons. The molecule has 12 heteroatoms. The monoisotopic (exact) mass is 518 g/mol. The van der Waals surface area contributed by atoms with Crippen LogP contribution in [0.15, 0.2) is 42.6 Å². The summed E-state index contributed by atoms with van der Waals surface area (Å²) in [5, 5.41) is 7.40. The molecule has 0 bridgehead atoms. The molecule has 3 N–H and O–H groups in total. The van der Waals surface area contributed by atoms with Crippen LogP contribution in [0.1, 0.15) is 37.1 Å². The first kappa shape index (κ1) is 25.0. The van der Waals surface area contributed by atoms with E-state index in [0.29, 0.717) is 43.1 Å². The molecule has 0 unspecified atom stereocenters. The average Bonchev–Trinajstić information content (AvgIpc) is 3.45. The molecule has 1 spiro atoms. The zero-order valence-corrected chi connectivity index (χ0v) is 20.3. The van der Waals surface area contributed by atoms with Gasteiger partial charge in [0.1, 0.15) is 17.2 Å². The lowest BCUT2D eigenvalue weighted by Gasteiger charge is -2.35. The summed E-state index contributed by atoms with van der Waals surface area (Å²) < 4.78 is 62.3. The molecular formula is C25H26F4N6O2. The minimum absolute atomic E-state index is 0.179. The highest BCUT2D eigenvalue weighted by atomic mass is 19.4. The number of nitrogens with one attached hydrogen (secondary N) is 1. The van der Waals surface area contributed by atoms with E-state index in [1.807, 2.05) is 0 Å². The molecule has 2 amide bonds. The minimum Gasteiger partial charge on any atom is -0.383 e. The van der Waals surface area contributed by atoms with Gasteiger partial charge in [-0.3, -0.25) is 4.68 Å².